The molecular weight excluding hydrogens is 852 g/mol. The molecule has 2 nitrogen and oxygen atoms in total. The lowest BCUT2D eigenvalue weighted by Crippen LogP contribution is -2.60. The molecule has 0 atom stereocenters. The van der Waals surface area contributed by atoms with Crippen molar-refractivity contribution in [2.45, 2.75) is 97.8 Å². The number of nitrogens with zero attached hydrogens (tertiary/aromatic N) is 2. The van der Waals surface area contributed by atoms with Crippen LogP contribution in [0.5, 0.6) is 0 Å². The lowest BCUT2D eigenvalue weighted by atomic mass is 9.36. The third-order valence-corrected chi connectivity index (χ3v) is 18.1. The van der Waals surface area contributed by atoms with Crippen molar-refractivity contribution in [1.82, 2.24) is 0 Å². The number of hydrogen-bond acceptors (Lipinski definition) is 3. The third kappa shape index (κ3) is 6.65. The van der Waals surface area contributed by atoms with E-state index in [4.69, 9.17) is 0 Å². The average Bonchev–Trinajstić information content (AvgIpc) is 3.77. The monoisotopic (exact) mass is 912 g/mol. The van der Waals surface area contributed by atoms with Crippen LogP contribution in [0.2, 0.25) is 0 Å². The van der Waals surface area contributed by atoms with Crippen molar-refractivity contribution in [1.29, 1.82) is 0 Å². The fourth-order valence-corrected chi connectivity index (χ4v) is 12.8. The van der Waals surface area contributed by atoms with Gasteiger partial charge in [-0.3, -0.25) is 0 Å². The molecule has 69 heavy (non-hydrogen) atoms. The van der Waals surface area contributed by atoms with E-state index in [2.05, 4.69) is 242 Å². The maximum Gasteiger partial charge on any atom is 0.264 e. The highest BCUT2D eigenvalue weighted by Gasteiger charge is 2.45. The molecule has 0 bridgehead atoms. The topological polar surface area (TPSA) is 6.48 Å². The summed E-state index contributed by atoms with van der Waals surface area (Å²) < 4.78 is 2.77. The summed E-state index contributed by atoms with van der Waals surface area (Å²) in [4.78, 5) is 5.18. The minimum Gasteiger partial charge on any atom is -0.311 e. The predicted molar refractivity (Wildman–Crippen MR) is 304 cm³/mol. The fourth-order valence-electron chi connectivity index (χ4n) is 11.5. The summed E-state index contributed by atoms with van der Waals surface area (Å²) >= 11 is 2.00. The Kier molecular flexibility index (Phi) is 10.1. The van der Waals surface area contributed by atoms with Gasteiger partial charge in [0.2, 0.25) is 0 Å². The van der Waals surface area contributed by atoms with E-state index in [9.17, 15) is 0 Å². The zero-order valence-electron chi connectivity index (χ0n) is 41.7. The highest BCUT2D eigenvalue weighted by atomic mass is 32.1. The third-order valence-electron chi connectivity index (χ3n) is 16.9. The van der Waals surface area contributed by atoms with Crippen LogP contribution in [-0.4, -0.2) is 6.71 Å². The van der Waals surface area contributed by atoms with E-state index in [-0.39, 0.29) is 23.0 Å². The molecule has 0 unspecified atom stereocenters. The summed E-state index contributed by atoms with van der Waals surface area (Å²) in [6.07, 6.45) is 3.22. The highest BCUT2D eigenvalue weighted by molar-refractivity contribution is 7.33. The Balaban J connectivity index is 1.09. The van der Waals surface area contributed by atoms with Crippen molar-refractivity contribution in [2.75, 3.05) is 9.80 Å². The molecule has 3 heterocycles. The molecule has 2 aliphatic heterocycles. The Morgan fingerprint density at radius 2 is 0.928 bits per heavy atom. The molecule has 0 spiro atoms. The van der Waals surface area contributed by atoms with Gasteiger partial charge in [-0.2, -0.15) is 0 Å². The molecule has 0 amide bonds. The van der Waals surface area contributed by atoms with Crippen molar-refractivity contribution in [3.63, 3.8) is 0 Å². The molecule has 340 valence electrons. The largest absolute Gasteiger partial charge is 0.311 e. The van der Waals surface area contributed by atoms with Crippen LogP contribution in [-0.2, 0) is 16.2 Å². The molecule has 2 aliphatic rings. The molecule has 0 aliphatic carbocycles. The second-order valence-electron chi connectivity index (χ2n) is 21.7. The Hall–Kier alpha value is -6.62. The SMILES string of the molecule is CCC(C)(C)c1ccc(N2c3cccc4c3B(c3cc(C(C)(C)CC)ccc3N4c3ccc(-c4cccc5c6ccccc6c6ccccc6c45)cc3)c3sc4ccc(C(C)(C)CC)cc4c32)cc1. The standard InChI is InChI=1S/C65H61BN2S/c1-10-63(4,5)42-29-35-46(36-30-42)68-57-26-18-25-56-60(57)66(62-61(68)53-39-43(64(6,7)11-2)32-38-58(53)69-62)54-40-44(65(8,9)12-3)31-37-55(54)67(56)45-33-27-41(28-34-45)47-23-17-24-52-50-20-14-13-19-48(50)49-21-15-16-22-51(49)59(47)52/h13-40H,10-12H2,1-9H3. The van der Waals surface area contributed by atoms with Crippen LogP contribution in [0.4, 0.5) is 34.1 Å². The molecule has 0 saturated heterocycles. The van der Waals surface area contributed by atoms with Crippen molar-refractivity contribution >= 4 is 110 Å². The lowest BCUT2D eigenvalue weighted by molar-refractivity contribution is 0.506. The predicted octanol–water partition coefficient (Wildman–Crippen LogP) is 17.2. The molecule has 12 rings (SSSR count). The van der Waals surface area contributed by atoms with Gasteiger partial charge in [0.05, 0.1) is 5.69 Å². The molecule has 9 aromatic carbocycles. The van der Waals surface area contributed by atoms with Crippen LogP contribution in [0.1, 0.15) is 98.3 Å². The first-order valence-electron chi connectivity index (χ1n) is 25.3. The van der Waals surface area contributed by atoms with Crippen molar-refractivity contribution in [3.05, 3.63) is 187 Å². The molecule has 4 heteroatoms. The van der Waals surface area contributed by atoms with Crippen LogP contribution in [0.15, 0.2) is 170 Å². The second kappa shape index (κ2) is 16.0. The van der Waals surface area contributed by atoms with Crippen molar-refractivity contribution < 1.29 is 0 Å². The number of thiophene rings is 1. The van der Waals surface area contributed by atoms with Crippen molar-refractivity contribution in [3.8, 4) is 11.1 Å². The van der Waals surface area contributed by atoms with Gasteiger partial charge < -0.3 is 9.80 Å². The highest BCUT2D eigenvalue weighted by Crippen LogP contribution is 2.50. The summed E-state index contributed by atoms with van der Waals surface area (Å²) in [5.41, 5.74) is 17.0. The first-order chi connectivity index (χ1) is 33.3. The Labute approximate surface area is 413 Å². The fraction of sp³-hybridized carbons (Fsp3) is 0.231. The van der Waals surface area contributed by atoms with E-state index in [1.54, 1.807) is 0 Å². The van der Waals surface area contributed by atoms with Gasteiger partial charge in [0.25, 0.3) is 6.71 Å². The number of anilines is 6. The minimum atomic E-state index is 0.0214. The normalized spacial score (nSPS) is 13.7. The summed E-state index contributed by atoms with van der Waals surface area (Å²) in [6.45, 7) is 21.3. The average molecular weight is 913 g/mol. The summed E-state index contributed by atoms with van der Waals surface area (Å²) in [7, 11) is 0. The van der Waals surface area contributed by atoms with E-state index in [1.807, 2.05) is 11.3 Å². The Morgan fingerprint density at radius 3 is 1.57 bits per heavy atom. The van der Waals surface area contributed by atoms with Crippen LogP contribution >= 0.6 is 11.3 Å². The summed E-state index contributed by atoms with van der Waals surface area (Å²) in [5.74, 6) is 0. The van der Waals surface area contributed by atoms with Crippen LogP contribution in [0, 0.1) is 0 Å². The molecule has 10 aromatic rings. The molecule has 0 radical (unpaired) electrons. The Bertz CT molecular complexity index is 3620. The maximum atomic E-state index is 2.62. The Morgan fingerprint density at radius 1 is 0.435 bits per heavy atom. The minimum absolute atomic E-state index is 0.0214. The molecule has 0 N–H and O–H groups in total. The number of benzene rings is 9. The van der Waals surface area contributed by atoms with Crippen LogP contribution in [0.25, 0.3) is 53.5 Å². The van der Waals surface area contributed by atoms with E-state index >= 15 is 0 Å². The zero-order chi connectivity index (χ0) is 47.6. The summed E-state index contributed by atoms with van der Waals surface area (Å²) in [6, 6.07) is 65.4. The molecular formula is C65H61BN2S. The van der Waals surface area contributed by atoms with E-state index in [0.717, 1.165) is 24.9 Å². The lowest BCUT2D eigenvalue weighted by Gasteiger charge is -2.43. The van der Waals surface area contributed by atoms with Gasteiger partial charge >= 0.3 is 0 Å². The van der Waals surface area contributed by atoms with Gasteiger partial charge in [0.1, 0.15) is 0 Å². The number of hydrogen-bond donors (Lipinski definition) is 0. The number of fused-ring (bicyclic) bond motifs is 12. The molecule has 1 aromatic heterocycles. The van der Waals surface area contributed by atoms with Gasteiger partial charge in [0, 0.05) is 43.3 Å². The molecule has 0 fully saturated rings. The maximum absolute atomic E-state index is 2.62. The smallest absolute Gasteiger partial charge is 0.264 e. The van der Waals surface area contributed by atoms with E-state index in [0.29, 0.717) is 0 Å². The van der Waals surface area contributed by atoms with Crippen LogP contribution < -0.4 is 25.5 Å². The van der Waals surface area contributed by atoms with Gasteiger partial charge in [-0.1, -0.05) is 178 Å². The van der Waals surface area contributed by atoms with Crippen LogP contribution in [0.3, 0.4) is 0 Å². The van der Waals surface area contributed by atoms with Gasteiger partial charge in [-0.25, -0.2) is 0 Å². The zero-order valence-corrected chi connectivity index (χ0v) is 42.5. The van der Waals surface area contributed by atoms with Gasteiger partial charge in [0.15, 0.2) is 0 Å². The molecule has 0 saturated carbocycles. The van der Waals surface area contributed by atoms with Gasteiger partial charge in [-0.15, -0.1) is 11.3 Å². The number of rotatable bonds is 9. The second-order valence-corrected chi connectivity index (χ2v) is 22.8. The first-order valence-corrected chi connectivity index (χ1v) is 26.1. The van der Waals surface area contributed by atoms with E-state index in [1.165, 1.54) is 114 Å². The first kappa shape index (κ1) is 43.7. The van der Waals surface area contributed by atoms with E-state index < -0.39 is 0 Å². The van der Waals surface area contributed by atoms with Crippen molar-refractivity contribution in [2.24, 2.45) is 0 Å². The van der Waals surface area contributed by atoms with Gasteiger partial charge in [-0.05, 0) is 161 Å². The summed E-state index contributed by atoms with van der Waals surface area (Å²) in [5, 5.41) is 9.14. The quantitative estimate of drug-likeness (QED) is 0.105.